The number of hydrogen-bond acceptors (Lipinski definition) is 5. The van der Waals surface area contributed by atoms with Crippen LogP contribution in [0.15, 0.2) is 42.7 Å². The molecule has 0 aromatic carbocycles. The van der Waals surface area contributed by atoms with Gasteiger partial charge in [0.05, 0.1) is 17.8 Å². The number of piperidine rings is 1. The van der Waals surface area contributed by atoms with Crippen molar-refractivity contribution in [3.63, 3.8) is 0 Å². The molecular formula is C20H23N3O3. The van der Waals surface area contributed by atoms with Crippen molar-refractivity contribution >= 4 is 5.91 Å². The molecule has 4 rings (SSSR count). The third-order valence-corrected chi connectivity index (χ3v) is 5.22. The fourth-order valence-electron chi connectivity index (χ4n) is 3.71. The topological polar surface area (TPSA) is 64.6 Å². The summed E-state index contributed by atoms with van der Waals surface area (Å²) in [5, 5.41) is 0. The summed E-state index contributed by atoms with van der Waals surface area (Å²) in [6.07, 6.45) is 5.92. The molecule has 26 heavy (non-hydrogen) atoms. The molecule has 0 bridgehead atoms. The van der Waals surface area contributed by atoms with Crippen LogP contribution in [0.3, 0.4) is 0 Å². The van der Waals surface area contributed by atoms with Crippen LogP contribution in [0.1, 0.15) is 35.3 Å². The monoisotopic (exact) mass is 353 g/mol. The summed E-state index contributed by atoms with van der Waals surface area (Å²) in [4.78, 5) is 23.0. The third kappa shape index (κ3) is 3.55. The van der Waals surface area contributed by atoms with Gasteiger partial charge in [0.1, 0.15) is 6.10 Å². The van der Waals surface area contributed by atoms with Gasteiger partial charge in [-0.15, -0.1) is 0 Å². The Bertz CT molecular complexity index is 756. The summed E-state index contributed by atoms with van der Waals surface area (Å²) in [6, 6.07) is 9.37. The number of carbonyl (C=O) groups is 1. The van der Waals surface area contributed by atoms with Crippen LogP contribution >= 0.6 is 0 Å². The summed E-state index contributed by atoms with van der Waals surface area (Å²) in [5.41, 5.74) is 1.38. The Morgan fingerprint density at radius 3 is 2.77 bits per heavy atom. The molecule has 1 atom stereocenters. The predicted molar refractivity (Wildman–Crippen MR) is 96.1 cm³/mol. The average Bonchev–Trinajstić information content (AvgIpc) is 3.05. The van der Waals surface area contributed by atoms with Crippen molar-refractivity contribution < 1.29 is 14.3 Å². The number of likely N-dealkylation sites (tertiary alicyclic amines) is 1. The molecule has 2 fully saturated rings. The van der Waals surface area contributed by atoms with Crippen LogP contribution in [0, 0.1) is 6.92 Å². The lowest BCUT2D eigenvalue weighted by molar-refractivity contribution is -0.0396. The molecule has 0 radical (unpaired) electrons. The Hall–Kier alpha value is -2.47. The van der Waals surface area contributed by atoms with Crippen molar-refractivity contribution in [3.8, 4) is 5.88 Å². The average molecular weight is 353 g/mol. The first kappa shape index (κ1) is 17.0. The summed E-state index contributed by atoms with van der Waals surface area (Å²) >= 11 is 0. The number of rotatable bonds is 3. The van der Waals surface area contributed by atoms with Gasteiger partial charge in [0.15, 0.2) is 0 Å². The molecule has 0 aliphatic carbocycles. The molecule has 2 aromatic heterocycles. The van der Waals surface area contributed by atoms with Crippen molar-refractivity contribution in [1.82, 2.24) is 14.9 Å². The minimum absolute atomic E-state index is 0.0217. The van der Waals surface area contributed by atoms with Crippen LogP contribution in [-0.2, 0) is 4.74 Å². The van der Waals surface area contributed by atoms with E-state index in [1.165, 1.54) is 0 Å². The first-order valence-electron chi connectivity index (χ1n) is 9.07. The molecule has 6 heteroatoms. The molecule has 0 N–H and O–H groups in total. The summed E-state index contributed by atoms with van der Waals surface area (Å²) in [5.74, 6) is 0.685. The minimum Gasteiger partial charge on any atom is -0.472 e. The van der Waals surface area contributed by atoms with Crippen molar-refractivity contribution in [2.24, 2.45) is 0 Å². The van der Waals surface area contributed by atoms with E-state index in [4.69, 9.17) is 9.47 Å². The maximum atomic E-state index is 12.6. The standard InChI is InChI=1S/C20H23N3O3/c1-15-5-6-16(13-22-15)19(24)23-10-7-20(8-11-23)12-17(14-25-20)26-18-4-2-3-9-21-18/h2-6,9,13,17H,7-8,10-12,14H2,1H3/t17-/m1/s1. The first-order chi connectivity index (χ1) is 12.6. The van der Waals surface area contributed by atoms with Gasteiger partial charge in [-0.05, 0) is 38.0 Å². The van der Waals surface area contributed by atoms with Crippen molar-refractivity contribution in [2.75, 3.05) is 19.7 Å². The van der Waals surface area contributed by atoms with E-state index < -0.39 is 0 Å². The van der Waals surface area contributed by atoms with Gasteiger partial charge in [0.2, 0.25) is 5.88 Å². The highest BCUT2D eigenvalue weighted by Gasteiger charge is 2.44. The van der Waals surface area contributed by atoms with E-state index in [0.717, 1.165) is 25.0 Å². The van der Waals surface area contributed by atoms with Crippen LogP contribution in [0.4, 0.5) is 0 Å². The van der Waals surface area contributed by atoms with Gasteiger partial charge in [-0.3, -0.25) is 9.78 Å². The number of carbonyl (C=O) groups excluding carboxylic acids is 1. The molecule has 2 saturated heterocycles. The molecule has 136 valence electrons. The van der Waals surface area contributed by atoms with E-state index >= 15 is 0 Å². The smallest absolute Gasteiger partial charge is 0.255 e. The normalized spacial score (nSPS) is 21.7. The van der Waals surface area contributed by atoms with Gasteiger partial charge < -0.3 is 14.4 Å². The lowest BCUT2D eigenvalue weighted by Crippen LogP contribution is -2.46. The van der Waals surface area contributed by atoms with Gasteiger partial charge in [-0.2, -0.15) is 0 Å². The fourth-order valence-corrected chi connectivity index (χ4v) is 3.71. The van der Waals surface area contributed by atoms with E-state index in [1.54, 1.807) is 12.4 Å². The van der Waals surface area contributed by atoms with E-state index in [-0.39, 0.29) is 17.6 Å². The molecule has 0 saturated carbocycles. The lowest BCUT2D eigenvalue weighted by atomic mass is 9.87. The number of aryl methyl sites for hydroxylation is 1. The second-order valence-electron chi connectivity index (χ2n) is 7.09. The first-order valence-corrected chi connectivity index (χ1v) is 9.07. The second kappa shape index (κ2) is 7.03. The Balaban J connectivity index is 1.33. The Morgan fingerprint density at radius 1 is 1.23 bits per heavy atom. The maximum absolute atomic E-state index is 12.6. The van der Waals surface area contributed by atoms with Gasteiger partial charge in [0.25, 0.3) is 5.91 Å². The van der Waals surface area contributed by atoms with E-state index in [1.807, 2.05) is 42.2 Å². The van der Waals surface area contributed by atoms with Crippen LogP contribution in [0.2, 0.25) is 0 Å². The Labute approximate surface area is 153 Å². The van der Waals surface area contributed by atoms with Crippen LogP contribution in [0.25, 0.3) is 0 Å². The summed E-state index contributed by atoms with van der Waals surface area (Å²) in [7, 11) is 0. The van der Waals surface area contributed by atoms with Crippen molar-refractivity contribution in [2.45, 2.75) is 37.9 Å². The molecule has 2 aromatic rings. The Morgan fingerprint density at radius 2 is 2.08 bits per heavy atom. The zero-order valence-electron chi connectivity index (χ0n) is 14.9. The molecule has 6 nitrogen and oxygen atoms in total. The predicted octanol–water partition coefficient (Wildman–Crippen LogP) is 2.63. The molecule has 2 aliphatic rings. The maximum Gasteiger partial charge on any atom is 0.255 e. The molecule has 0 unspecified atom stereocenters. The van der Waals surface area contributed by atoms with E-state index in [9.17, 15) is 4.79 Å². The molecule has 2 aliphatic heterocycles. The summed E-state index contributed by atoms with van der Waals surface area (Å²) in [6.45, 7) is 3.89. The number of pyridine rings is 2. The zero-order chi connectivity index (χ0) is 18.0. The van der Waals surface area contributed by atoms with Crippen molar-refractivity contribution in [1.29, 1.82) is 0 Å². The van der Waals surface area contributed by atoms with Gasteiger partial charge in [0, 0.05) is 43.7 Å². The Kier molecular flexibility index (Phi) is 4.59. The lowest BCUT2D eigenvalue weighted by Gasteiger charge is -2.38. The number of hydrogen-bond donors (Lipinski definition) is 0. The van der Waals surface area contributed by atoms with Crippen molar-refractivity contribution in [3.05, 3.63) is 54.0 Å². The SMILES string of the molecule is Cc1ccc(C(=O)N2CCC3(CC2)C[C@@H](Oc2ccccn2)CO3)cn1. The molecule has 1 amide bonds. The fraction of sp³-hybridized carbons (Fsp3) is 0.450. The van der Waals surface area contributed by atoms with E-state index in [0.29, 0.717) is 31.1 Å². The second-order valence-corrected chi connectivity index (χ2v) is 7.09. The largest absolute Gasteiger partial charge is 0.472 e. The van der Waals surface area contributed by atoms with Crippen LogP contribution < -0.4 is 4.74 Å². The number of ether oxygens (including phenoxy) is 2. The highest BCUT2D eigenvalue weighted by molar-refractivity contribution is 5.94. The van der Waals surface area contributed by atoms with Gasteiger partial charge >= 0.3 is 0 Å². The van der Waals surface area contributed by atoms with Gasteiger partial charge in [-0.1, -0.05) is 6.07 Å². The molecule has 4 heterocycles. The minimum atomic E-state index is -0.179. The quantitative estimate of drug-likeness (QED) is 0.849. The highest BCUT2D eigenvalue weighted by Crippen LogP contribution is 2.37. The number of aromatic nitrogens is 2. The molecular weight excluding hydrogens is 330 g/mol. The van der Waals surface area contributed by atoms with E-state index in [2.05, 4.69) is 9.97 Å². The van der Waals surface area contributed by atoms with Crippen LogP contribution in [-0.4, -0.2) is 52.2 Å². The number of nitrogens with zero attached hydrogens (tertiary/aromatic N) is 3. The molecule has 1 spiro atoms. The zero-order valence-corrected chi connectivity index (χ0v) is 14.9. The highest BCUT2D eigenvalue weighted by atomic mass is 16.6. The number of amides is 1. The summed E-state index contributed by atoms with van der Waals surface area (Å²) < 4.78 is 12.0. The van der Waals surface area contributed by atoms with Crippen LogP contribution in [0.5, 0.6) is 5.88 Å². The third-order valence-electron chi connectivity index (χ3n) is 5.22. The van der Waals surface area contributed by atoms with Gasteiger partial charge in [-0.25, -0.2) is 4.98 Å².